The first kappa shape index (κ1) is 13.8. The SMILES string of the molecule is O=C(c1cc(-c2n[nH]nc2-c2ccccc2)c[nH]1)N1CCCC1. The van der Waals surface area contributed by atoms with Gasteiger partial charge in [0.05, 0.1) is 0 Å². The molecule has 0 spiro atoms. The van der Waals surface area contributed by atoms with Crippen LogP contribution in [0.2, 0.25) is 0 Å². The van der Waals surface area contributed by atoms with Gasteiger partial charge in [-0.3, -0.25) is 4.79 Å². The van der Waals surface area contributed by atoms with E-state index < -0.39 is 0 Å². The highest BCUT2D eigenvalue weighted by Crippen LogP contribution is 2.28. The molecule has 1 amide bonds. The van der Waals surface area contributed by atoms with E-state index in [9.17, 15) is 4.79 Å². The Morgan fingerprint density at radius 1 is 1.00 bits per heavy atom. The van der Waals surface area contributed by atoms with Crippen LogP contribution in [0, 0.1) is 0 Å². The molecule has 0 aliphatic carbocycles. The lowest BCUT2D eigenvalue weighted by atomic mass is 10.1. The Labute approximate surface area is 133 Å². The van der Waals surface area contributed by atoms with Crippen LogP contribution in [0.15, 0.2) is 42.6 Å². The Kier molecular flexibility index (Phi) is 3.42. The summed E-state index contributed by atoms with van der Waals surface area (Å²) in [7, 11) is 0. The minimum Gasteiger partial charge on any atom is -0.357 e. The normalized spacial score (nSPS) is 14.3. The summed E-state index contributed by atoms with van der Waals surface area (Å²) < 4.78 is 0. The summed E-state index contributed by atoms with van der Waals surface area (Å²) >= 11 is 0. The van der Waals surface area contributed by atoms with Gasteiger partial charge < -0.3 is 9.88 Å². The standard InChI is InChI=1S/C17H17N5O/c23-17(22-8-4-5-9-22)14-10-13(11-18-14)16-15(19-21-20-16)12-6-2-1-3-7-12/h1-3,6-7,10-11,18H,4-5,8-9H2,(H,19,20,21). The van der Waals surface area contributed by atoms with Crippen molar-refractivity contribution in [2.45, 2.75) is 12.8 Å². The monoisotopic (exact) mass is 307 g/mol. The molecule has 1 aromatic carbocycles. The Bertz CT molecular complexity index is 814. The van der Waals surface area contributed by atoms with Crippen molar-refractivity contribution < 1.29 is 4.79 Å². The van der Waals surface area contributed by atoms with Crippen LogP contribution in [0.5, 0.6) is 0 Å². The molecule has 6 heteroatoms. The Hall–Kier alpha value is -2.89. The summed E-state index contributed by atoms with van der Waals surface area (Å²) in [6.45, 7) is 1.68. The van der Waals surface area contributed by atoms with Crippen LogP contribution < -0.4 is 0 Å². The number of carbonyl (C=O) groups is 1. The van der Waals surface area contributed by atoms with Crippen molar-refractivity contribution in [2.24, 2.45) is 0 Å². The fourth-order valence-electron chi connectivity index (χ4n) is 2.97. The number of aromatic amines is 2. The van der Waals surface area contributed by atoms with E-state index in [-0.39, 0.29) is 5.91 Å². The average Bonchev–Trinajstić information content (AvgIpc) is 3.35. The number of H-pyrrole nitrogens is 2. The molecule has 0 atom stereocenters. The molecule has 2 N–H and O–H groups in total. The number of nitrogens with zero attached hydrogens (tertiary/aromatic N) is 3. The molecule has 23 heavy (non-hydrogen) atoms. The molecule has 3 heterocycles. The zero-order valence-corrected chi connectivity index (χ0v) is 12.6. The topological polar surface area (TPSA) is 77.7 Å². The lowest BCUT2D eigenvalue weighted by Gasteiger charge is -2.13. The van der Waals surface area contributed by atoms with Gasteiger partial charge in [0.15, 0.2) is 0 Å². The minimum absolute atomic E-state index is 0.0542. The van der Waals surface area contributed by atoms with Gasteiger partial charge in [-0.2, -0.15) is 15.4 Å². The molecule has 2 aromatic heterocycles. The van der Waals surface area contributed by atoms with Crippen LogP contribution >= 0.6 is 0 Å². The van der Waals surface area contributed by atoms with Crippen LogP contribution in [-0.4, -0.2) is 44.3 Å². The first-order chi connectivity index (χ1) is 11.3. The number of amides is 1. The molecule has 0 radical (unpaired) electrons. The lowest BCUT2D eigenvalue weighted by molar-refractivity contribution is 0.0788. The predicted octanol–water partition coefficient (Wildman–Crippen LogP) is 2.70. The molecule has 0 bridgehead atoms. The van der Waals surface area contributed by atoms with E-state index in [1.165, 1.54) is 0 Å². The van der Waals surface area contributed by atoms with Gasteiger partial charge in [0.2, 0.25) is 0 Å². The molecule has 0 saturated carbocycles. The van der Waals surface area contributed by atoms with Crippen LogP contribution in [-0.2, 0) is 0 Å². The highest BCUT2D eigenvalue weighted by atomic mass is 16.2. The number of hydrogen-bond acceptors (Lipinski definition) is 3. The van der Waals surface area contributed by atoms with E-state index in [4.69, 9.17) is 0 Å². The number of rotatable bonds is 3. The molecular formula is C17H17N5O. The second kappa shape index (κ2) is 5.72. The maximum atomic E-state index is 12.4. The number of likely N-dealkylation sites (tertiary alicyclic amines) is 1. The maximum absolute atomic E-state index is 12.4. The summed E-state index contributed by atoms with van der Waals surface area (Å²) in [6.07, 6.45) is 3.98. The molecule has 4 rings (SSSR count). The van der Waals surface area contributed by atoms with Crippen LogP contribution in [0.25, 0.3) is 22.5 Å². The van der Waals surface area contributed by atoms with Crippen molar-refractivity contribution in [2.75, 3.05) is 13.1 Å². The summed E-state index contributed by atoms with van der Waals surface area (Å²) in [6, 6.07) is 11.7. The van der Waals surface area contributed by atoms with Crippen LogP contribution in [0.1, 0.15) is 23.3 Å². The van der Waals surface area contributed by atoms with Gasteiger partial charge in [-0.15, -0.1) is 0 Å². The molecular weight excluding hydrogens is 290 g/mol. The van der Waals surface area contributed by atoms with Crippen molar-refractivity contribution in [1.82, 2.24) is 25.3 Å². The quantitative estimate of drug-likeness (QED) is 0.781. The Balaban J connectivity index is 1.65. The Morgan fingerprint density at radius 3 is 2.43 bits per heavy atom. The van der Waals surface area contributed by atoms with E-state index in [0.717, 1.165) is 48.4 Å². The maximum Gasteiger partial charge on any atom is 0.270 e. The minimum atomic E-state index is 0.0542. The van der Waals surface area contributed by atoms with Gasteiger partial charge in [0.1, 0.15) is 17.1 Å². The highest BCUT2D eigenvalue weighted by molar-refractivity contribution is 5.94. The summed E-state index contributed by atoms with van der Waals surface area (Å²) in [5.41, 5.74) is 3.98. The first-order valence-electron chi connectivity index (χ1n) is 7.77. The third-order valence-corrected chi connectivity index (χ3v) is 4.18. The number of benzene rings is 1. The number of aromatic nitrogens is 4. The second-order valence-corrected chi connectivity index (χ2v) is 5.69. The predicted molar refractivity (Wildman–Crippen MR) is 86.7 cm³/mol. The fraction of sp³-hybridized carbons (Fsp3) is 0.235. The molecule has 116 valence electrons. The zero-order valence-electron chi connectivity index (χ0n) is 12.6. The summed E-state index contributed by atoms with van der Waals surface area (Å²) in [5.74, 6) is 0.0542. The van der Waals surface area contributed by atoms with E-state index in [1.54, 1.807) is 0 Å². The summed E-state index contributed by atoms with van der Waals surface area (Å²) in [5, 5.41) is 11.2. The molecule has 1 fully saturated rings. The van der Waals surface area contributed by atoms with E-state index in [2.05, 4.69) is 20.4 Å². The van der Waals surface area contributed by atoms with E-state index in [0.29, 0.717) is 5.69 Å². The van der Waals surface area contributed by atoms with Gasteiger partial charge in [0, 0.05) is 30.4 Å². The smallest absolute Gasteiger partial charge is 0.270 e. The van der Waals surface area contributed by atoms with Gasteiger partial charge in [0.25, 0.3) is 5.91 Å². The number of hydrogen-bond donors (Lipinski definition) is 2. The molecule has 1 aliphatic rings. The van der Waals surface area contributed by atoms with Crippen molar-refractivity contribution in [3.63, 3.8) is 0 Å². The molecule has 1 saturated heterocycles. The van der Waals surface area contributed by atoms with Crippen LogP contribution in [0.4, 0.5) is 0 Å². The zero-order chi connectivity index (χ0) is 15.6. The van der Waals surface area contributed by atoms with Gasteiger partial charge in [-0.1, -0.05) is 30.3 Å². The first-order valence-corrected chi connectivity index (χ1v) is 7.77. The van der Waals surface area contributed by atoms with E-state index in [1.807, 2.05) is 47.5 Å². The number of carbonyl (C=O) groups excluding carboxylic acids is 1. The van der Waals surface area contributed by atoms with Crippen LogP contribution in [0.3, 0.4) is 0 Å². The van der Waals surface area contributed by atoms with Gasteiger partial charge in [-0.25, -0.2) is 0 Å². The molecule has 0 unspecified atom stereocenters. The highest BCUT2D eigenvalue weighted by Gasteiger charge is 2.22. The van der Waals surface area contributed by atoms with Crippen molar-refractivity contribution in [3.8, 4) is 22.5 Å². The number of nitrogens with one attached hydrogen (secondary N) is 2. The van der Waals surface area contributed by atoms with Gasteiger partial charge in [-0.05, 0) is 18.9 Å². The average molecular weight is 307 g/mol. The Morgan fingerprint density at radius 2 is 1.70 bits per heavy atom. The fourth-order valence-corrected chi connectivity index (χ4v) is 2.97. The van der Waals surface area contributed by atoms with E-state index >= 15 is 0 Å². The lowest BCUT2D eigenvalue weighted by Crippen LogP contribution is -2.27. The molecule has 3 aromatic rings. The van der Waals surface area contributed by atoms with Gasteiger partial charge >= 0.3 is 0 Å². The van der Waals surface area contributed by atoms with Crippen molar-refractivity contribution in [3.05, 3.63) is 48.3 Å². The van der Waals surface area contributed by atoms with Crippen molar-refractivity contribution >= 4 is 5.91 Å². The molecule has 1 aliphatic heterocycles. The molecule has 6 nitrogen and oxygen atoms in total. The third kappa shape index (κ3) is 2.52. The summed E-state index contributed by atoms with van der Waals surface area (Å²) in [4.78, 5) is 17.4. The largest absolute Gasteiger partial charge is 0.357 e. The third-order valence-electron chi connectivity index (χ3n) is 4.18. The van der Waals surface area contributed by atoms with Crippen molar-refractivity contribution in [1.29, 1.82) is 0 Å². The second-order valence-electron chi connectivity index (χ2n) is 5.69.